The van der Waals surface area contributed by atoms with Crippen molar-refractivity contribution in [3.8, 4) is 22.6 Å². The van der Waals surface area contributed by atoms with Crippen LogP contribution in [-0.4, -0.2) is 10.2 Å². The Hall–Kier alpha value is -2.74. The lowest BCUT2D eigenvalue weighted by molar-refractivity contribution is 0.474. The van der Waals surface area contributed by atoms with E-state index in [1.807, 2.05) is 38.1 Å². The van der Waals surface area contributed by atoms with Gasteiger partial charge in [0, 0.05) is 0 Å². The molecule has 132 valence electrons. The van der Waals surface area contributed by atoms with Crippen LogP contribution >= 0.6 is 0 Å². The summed E-state index contributed by atoms with van der Waals surface area (Å²) in [5, 5.41) is 18.2. The van der Waals surface area contributed by atoms with Crippen molar-refractivity contribution in [3.05, 3.63) is 84.4 Å². The molecule has 0 fully saturated rings. The number of aromatic hydroxyl groups is 2. The number of hydrogen-bond donors (Lipinski definition) is 2. The van der Waals surface area contributed by atoms with Gasteiger partial charge >= 0.3 is 0 Å². The smallest absolute Gasteiger partial charge is 0.115 e. The van der Waals surface area contributed by atoms with E-state index in [0.29, 0.717) is 0 Å². The zero-order chi connectivity index (χ0) is 18.5. The van der Waals surface area contributed by atoms with Crippen molar-refractivity contribution in [2.45, 2.75) is 33.6 Å². The van der Waals surface area contributed by atoms with Crippen LogP contribution in [0.15, 0.2) is 78.9 Å². The Balaban J connectivity index is 0.000000246. The summed E-state index contributed by atoms with van der Waals surface area (Å²) >= 11 is 0. The third-order valence-electron chi connectivity index (χ3n) is 3.45. The first-order chi connectivity index (χ1) is 12.2. The molecule has 0 aliphatic heterocycles. The van der Waals surface area contributed by atoms with Crippen LogP contribution in [0.5, 0.6) is 11.5 Å². The zero-order valence-electron chi connectivity index (χ0n) is 15.3. The van der Waals surface area contributed by atoms with E-state index in [-0.39, 0.29) is 11.5 Å². The Bertz CT molecular complexity index is 643. The zero-order valence-corrected chi connectivity index (χ0v) is 15.3. The number of aryl methyl sites for hydroxylation is 1. The fourth-order valence-electron chi connectivity index (χ4n) is 2.24. The Morgan fingerprint density at radius 1 is 0.600 bits per heavy atom. The Labute approximate surface area is 151 Å². The van der Waals surface area contributed by atoms with Gasteiger partial charge in [0.25, 0.3) is 0 Å². The van der Waals surface area contributed by atoms with E-state index in [4.69, 9.17) is 10.2 Å². The van der Waals surface area contributed by atoms with Crippen LogP contribution in [0.25, 0.3) is 11.1 Å². The first-order valence-electron chi connectivity index (χ1n) is 8.81. The van der Waals surface area contributed by atoms with Gasteiger partial charge in [-0.1, -0.05) is 81.8 Å². The van der Waals surface area contributed by atoms with Gasteiger partial charge in [-0.05, 0) is 47.4 Å². The van der Waals surface area contributed by atoms with Gasteiger partial charge in [0.2, 0.25) is 0 Å². The molecule has 0 aromatic heterocycles. The standard InChI is InChI=1S/C12H10O2.C9H12.C2H6/c13-11-5-1-9(2-6-11)10-3-7-12(14)8-4-10;1-2-6-9-7-4-3-5-8-9;1-2/h1-8,13-14H;3-5,7-8H,2,6H2,1H3;1-2H3. The molecule has 0 bridgehead atoms. The topological polar surface area (TPSA) is 40.5 Å². The van der Waals surface area contributed by atoms with E-state index in [0.717, 1.165) is 11.1 Å². The number of phenols is 2. The van der Waals surface area contributed by atoms with Crippen molar-refractivity contribution in [1.82, 2.24) is 0 Å². The average molecular weight is 336 g/mol. The fourth-order valence-corrected chi connectivity index (χ4v) is 2.24. The van der Waals surface area contributed by atoms with Gasteiger partial charge in [-0.25, -0.2) is 0 Å². The van der Waals surface area contributed by atoms with E-state index >= 15 is 0 Å². The Morgan fingerprint density at radius 3 is 1.36 bits per heavy atom. The molecule has 2 nitrogen and oxygen atoms in total. The molecule has 2 heteroatoms. The highest BCUT2D eigenvalue weighted by atomic mass is 16.3. The molecule has 0 saturated carbocycles. The third kappa shape index (κ3) is 7.58. The van der Waals surface area contributed by atoms with E-state index < -0.39 is 0 Å². The van der Waals surface area contributed by atoms with Crippen molar-refractivity contribution in [3.63, 3.8) is 0 Å². The van der Waals surface area contributed by atoms with Gasteiger partial charge in [0.15, 0.2) is 0 Å². The summed E-state index contributed by atoms with van der Waals surface area (Å²) in [5.41, 5.74) is 3.48. The SMILES string of the molecule is CC.CCCc1ccccc1.Oc1ccc(-c2ccc(O)cc2)cc1. The van der Waals surface area contributed by atoms with Crippen LogP contribution in [0.2, 0.25) is 0 Å². The molecular weight excluding hydrogens is 308 g/mol. The molecule has 0 radical (unpaired) electrons. The quantitative estimate of drug-likeness (QED) is 0.578. The molecule has 0 unspecified atom stereocenters. The number of phenolic OH excluding ortho intramolecular Hbond substituents is 2. The summed E-state index contributed by atoms with van der Waals surface area (Å²) in [7, 11) is 0. The van der Waals surface area contributed by atoms with Crippen molar-refractivity contribution in [1.29, 1.82) is 0 Å². The van der Waals surface area contributed by atoms with Gasteiger partial charge in [-0.15, -0.1) is 0 Å². The Morgan fingerprint density at radius 2 is 1.00 bits per heavy atom. The van der Waals surface area contributed by atoms with Crippen molar-refractivity contribution >= 4 is 0 Å². The molecule has 0 amide bonds. The van der Waals surface area contributed by atoms with Crippen molar-refractivity contribution in [2.75, 3.05) is 0 Å². The summed E-state index contributed by atoms with van der Waals surface area (Å²) in [5.74, 6) is 0.514. The minimum absolute atomic E-state index is 0.257. The molecule has 25 heavy (non-hydrogen) atoms. The second kappa shape index (κ2) is 11.7. The molecule has 3 aromatic carbocycles. The van der Waals surface area contributed by atoms with Gasteiger partial charge in [0.1, 0.15) is 11.5 Å². The second-order valence-electron chi connectivity index (χ2n) is 5.33. The molecule has 0 spiro atoms. The number of rotatable bonds is 3. The normalized spacial score (nSPS) is 9.24. The van der Waals surface area contributed by atoms with E-state index in [2.05, 4.69) is 37.3 Å². The first-order valence-corrected chi connectivity index (χ1v) is 8.81. The second-order valence-corrected chi connectivity index (χ2v) is 5.33. The van der Waals surface area contributed by atoms with Crippen LogP contribution < -0.4 is 0 Å². The largest absolute Gasteiger partial charge is 0.508 e. The lowest BCUT2D eigenvalue weighted by Crippen LogP contribution is -1.78. The summed E-state index contributed by atoms with van der Waals surface area (Å²) in [6.07, 6.45) is 2.45. The highest BCUT2D eigenvalue weighted by Crippen LogP contribution is 2.23. The summed E-state index contributed by atoms with van der Waals surface area (Å²) in [6.45, 7) is 6.20. The van der Waals surface area contributed by atoms with E-state index in [1.165, 1.54) is 18.4 Å². The maximum atomic E-state index is 9.11. The van der Waals surface area contributed by atoms with Crippen LogP contribution in [0.1, 0.15) is 32.8 Å². The lowest BCUT2D eigenvalue weighted by Gasteiger charge is -2.01. The number of hydrogen-bond acceptors (Lipinski definition) is 2. The monoisotopic (exact) mass is 336 g/mol. The van der Waals surface area contributed by atoms with Gasteiger partial charge in [0.05, 0.1) is 0 Å². The van der Waals surface area contributed by atoms with Crippen LogP contribution in [-0.2, 0) is 6.42 Å². The van der Waals surface area contributed by atoms with Crippen LogP contribution in [0, 0.1) is 0 Å². The highest BCUT2D eigenvalue weighted by molar-refractivity contribution is 5.64. The average Bonchev–Trinajstić information content (AvgIpc) is 2.67. The van der Waals surface area contributed by atoms with Crippen molar-refractivity contribution in [2.24, 2.45) is 0 Å². The lowest BCUT2D eigenvalue weighted by atomic mass is 10.1. The Kier molecular flexibility index (Phi) is 9.54. The molecule has 2 N–H and O–H groups in total. The van der Waals surface area contributed by atoms with Crippen molar-refractivity contribution < 1.29 is 10.2 Å². The molecule has 0 saturated heterocycles. The molecule has 0 aliphatic carbocycles. The maximum Gasteiger partial charge on any atom is 0.115 e. The first kappa shape index (κ1) is 20.3. The minimum atomic E-state index is 0.257. The predicted molar refractivity (Wildman–Crippen MR) is 107 cm³/mol. The summed E-state index contributed by atoms with van der Waals surface area (Å²) in [4.78, 5) is 0. The molecule has 0 heterocycles. The van der Waals surface area contributed by atoms with E-state index in [1.54, 1.807) is 24.3 Å². The van der Waals surface area contributed by atoms with Gasteiger partial charge in [-0.3, -0.25) is 0 Å². The summed E-state index contributed by atoms with van der Waals surface area (Å²) in [6, 6.07) is 24.5. The number of benzene rings is 3. The minimum Gasteiger partial charge on any atom is -0.508 e. The molecule has 3 aromatic rings. The predicted octanol–water partition coefficient (Wildman–Crippen LogP) is 6.43. The van der Waals surface area contributed by atoms with Crippen LogP contribution in [0.3, 0.4) is 0 Å². The van der Waals surface area contributed by atoms with Gasteiger partial charge < -0.3 is 10.2 Å². The molecular formula is C23H28O2. The maximum absolute atomic E-state index is 9.11. The fraction of sp³-hybridized carbons (Fsp3) is 0.217. The molecule has 3 rings (SSSR count). The van der Waals surface area contributed by atoms with Crippen LogP contribution in [0.4, 0.5) is 0 Å². The molecule has 0 aliphatic rings. The van der Waals surface area contributed by atoms with Gasteiger partial charge in [-0.2, -0.15) is 0 Å². The third-order valence-corrected chi connectivity index (χ3v) is 3.45. The molecule has 0 atom stereocenters. The highest BCUT2D eigenvalue weighted by Gasteiger charge is 1.97. The van der Waals surface area contributed by atoms with E-state index in [9.17, 15) is 0 Å². The summed E-state index contributed by atoms with van der Waals surface area (Å²) < 4.78 is 0.